The lowest BCUT2D eigenvalue weighted by Crippen LogP contribution is -1.91. The molecule has 4 nitrogen and oxygen atoms in total. The molecule has 0 radical (unpaired) electrons. The van der Waals surface area contributed by atoms with E-state index in [-0.39, 0.29) is 5.75 Å². The monoisotopic (exact) mass is 287 g/mol. The van der Waals surface area contributed by atoms with E-state index in [4.69, 9.17) is 9.47 Å². The number of allylic oxidation sites excluding steroid dienone is 2. The van der Waals surface area contributed by atoms with Gasteiger partial charge in [-0.25, -0.2) is 0 Å². The van der Waals surface area contributed by atoms with Crippen molar-refractivity contribution in [3.05, 3.63) is 34.5 Å². The molecule has 2 rings (SSSR count). The minimum atomic E-state index is 0.00904. The smallest absolute Gasteiger partial charge is 0.200 e. The van der Waals surface area contributed by atoms with Gasteiger partial charge in [-0.15, -0.1) is 0 Å². The number of hydrogen-bond donors (Lipinski definition) is 1. The maximum atomic E-state index is 9.94. The van der Waals surface area contributed by atoms with E-state index >= 15 is 0 Å². The van der Waals surface area contributed by atoms with Crippen LogP contribution in [0, 0.1) is 0 Å². The summed E-state index contributed by atoms with van der Waals surface area (Å²) in [6, 6.07) is 3.54. The van der Waals surface area contributed by atoms with Crippen LogP contribution in [0.5, 0.6) is 17.2 Å². The number of phenolic OH excluding ortho intramolecular Hbond substituents is 1. The number of rotatable bonds is 4. The van der Waals surface area contributed by atoms with Gasteiger partial charge in [0.05, 0.1) is 19.9 Å². The summed E-state index contributed by atoms with van der Waals surface area (Å²) < 4.78 is 10.4. The predicted molar refractivity (Wildman–Crippen MR) is 85.3 cm³/mol. The fraction of sp³-hybridized carbons (Fsp3) is 0.353. The van der Waals surface area contributed by atoms with E-state index in [9.17, 15) is 5.11 Å². The van der Waals surface area contributed by atoms with Crippen molar-refractivity contribution in [1.29, 1.82) is 0 Å². The van der Waals surface area contributed by atoms with Crippen molar-refractivity contribution in [3.8, 4) is 17.2 Å². The standard InChI is InChI=1S/C17H21NO3/c1-6-13-10(2)14(18-11(13)3)7-12-8-15(20-4)17(19)16(9-12)21-5/h7-9,19H,6H2,1-5H3/b14-7+. The highest BCUT2D eigenvalue weighted by Gasteiger charge is 2.17. The second-order valence-electron chi connectivity index (χ2n) is 4.96. The summed E-state index contributed by atoms with van der Waals surface area (Å²) >= 11 is 0. The van der Waals surface area contributed by atoms with E-state index in [0.717, 1.165) is 23.4 Å². The zero-order chi connectivity index (χ0) is 15.6. The van der Waals surface area contributed by atoms with Crippen LogP contribution in [0.15, 0.2) is 34.0 Å². The SMILES string of the molecule is CCC1=C(C)/C(=C\c2cc(OC)c(O)c(OC)c2)N=C1C. The van der Waals surface area contributed by atoms with Crippen LogP contribution in [0.25, 0.3) is 6.08 Å². The first kappa shape index (κ1) is 15.2. The maximum Gasteiger partial charge on any atom is 0.200 e. The Morgan fingerprint density at radius 1 is 1.14 bits per heavy atom. The first-order chi connectivity index (χ1) is 10.0. The number of aromatic hydroxyl groups is 1. The van der Waals surface area contributed by atoms with Gasteiger partial charge < -0.3 is 14.6 Å². The molecule has 1 aromatic carbocycles. The summed E-state index contributed by atoms with van der Waals surface area (Å²) in [6.45, 7) is 6.24. The van der Waals surface area contributed by atoms with E-state index in [1.165, 1.54) is 25.4 Å². The Balaban J connectivity index is 2.50. The van der Waals surface area contributed by atoms with Crippen LogP contribution in [-0.2, 0) is 0 Å². The molecule has 1 aromatic rings. The Hall–Kier alpha value is -2.23. The van der Waals surface area contributed by atoms with Gasteiger partial charge in [0.1, 0.15) is 0 Å². The molecule has 0 amide bonds. The van der Waals surface area contributed by atoms with Gasteiger partial charge in [-0.05, 0) is 55.2 Å². The van der Waals surface area contributed by atoms with Crippen LogP contribution < -0.4 is 9.47 Å². The minimum Gasteiger partial charge on any atom is -0.502 e. The number of ether oxygens (including phenoxy) is 2. The molecule has 112 valence electrons. The largest absolute Gasteiger partial charge is 0.502 e. The molecule has 1 heterocycles. The van der Waals surface area contributed by atoms with Crippen molar-refractivity contribution in [2.24, 2.45) is 4.99 Å². The van der Waals surface area contributed by atoms with Gasteiger partial charge in [0.25, 0.3) is 0 Å². The topological polar surface area (TPSA) is 51.0 Å². The van der Waals surface area contributed by atoms with Gasteiger partial charge in [-0.1, -0.05) is 6.92 Å². The molecule has 0 fully saturated rings. The molecule has 21 heavy (non-hydrogen) atoms. The Labute approximate surface area is 125 Å². The molecule has 0 saturated carbocycles. The number of nitrogens with zero attached hydrogens (tertiary/aromatic N) is 1. The van der Waals surface area contributed by atoms with Gasteiger partial charge in [-0.3, -0.25) is 4.99 Å². The van der Waals surface area contributed by atoms with Crippen LogP contribution in [0.3, 0.4) is 0 Å². The molecule has 4 heteroatoms. The van der Waals surface area contributed by atoms with Crippen LogP contribution in [-0.4, -0.2) is 25.0 Å². The van der Waals surface area contributed by atoms with Crippen LogP contribution in [0.2, 0.25) is 0 Å². The van der Waals surface area contributed by atoms with Crippen molar-refractivity contribution in [2.75, 3.05) is 14.2 Å². The molecular formula is C17H21NO3. The number of methoxy groups -OCH3 is 2. The summed E-state index contributed by atoms with van der Waals surface area (Å²) in [5, 5.41) is 9.94. The van der Waals surface area contributed by atoms with Gasteiger partial charge in [0, 0.05) is 5.71 Å². The summed E-state index contributed by atoms with van der Waals surface area (Å²) in [5.74, 6) is 0.782. The normalized spacial score (nSPS) is 16.4. The molecule has 0 saturated heterocycles. The molecule has 1 aliphatic heterocycles. The first-order valence-corrected chi connectivity index (χ1v) is 6.94. The van der Waals surface area contributed by atoms with Crippen LogP contribution in [0.1, 0.15) is 32.8 Å². The lowest BCUT2D eigenvalue weighted by molar-refractivity contribution is 0.340. The summed E-state index contributed by atoms with van der Waals surface area (Å²) in [7, 11) is 3.03. The Morgan fingerprint density at radius 3 is 2.14 bits per heavy atom. The number of aliphatic imine (C=N–C) groups is 1. The highest BCUT2D eigenvalue weighted by atomic mass is 16.5. The fourth-order valence-electron chi connectivity index (χ4n) is 2.57. The predicted octanol–water partition coefficient (Wildman–Crippen LogP) is 3.95. The molecule has 1 aliphatic rings. The van der Waals surface area contributed by atoms with Crippen LogP contribution >= 0.6 is 0 Å². The maximum absolute atomic E-state index is 9.94. The molecule has 0 unspecified atom stereocenters. The van der Waals surface area contributed by atoms with Crippen molar-refractivity contribution in [3.63, 3.8) is 0 Å². The van der Waals surface area contributed by atoms with Crippen molar-refractivity contribution in [2.45, 2.75) is 27.2 Å². The molecule has 0 atom stereocenters. The van der Waals surface area contributed by atoms with E-state index in [2.05, 4.69) is 18.8 Å². The second-order valence-corrected chi connectivity index (χ2v) is 4.96. The van der Waals surface area contributed by atoms with E-state index < -0.39 is 0 Å². The third-order valence-electron chi connectivity index (χ3n) is 3.72. The number of benzene rings is 1. The number of phenols is 1. The first-order valence-electron chi connectivity index (χ1n) is 6.94. The van der Waals surface area contributed by atoms with E-state index in [0.29, 0.717) is 11.5 Å². The molecule has 0 spiro atoms. The zero-order valence-corrected chi connectivity index (χ0v) is 13.2. The van der Waals surface area contributed by atoms with Gasteiger partial charge in [0.15, 0.2) is 11.5 Å². The van der Waals surface area contributed by atoms with Crippen molar-refractivity contribution >= 4 is 11.8 Å². The Kier molecular flexibility index (Phi) is 4.36. The van der Waals surface area contributed by atoms with E-state index in [1.54, 1.807) is 12.1 Å². The summed E-state index contributed by atoms with van der Waals surface area (Å²) in [4.78, 5) is 4.61. The number of hydrogen-bond acceptors (Lipinski definition) is 4. The highest BCUT2D eigenvalue weighted by Crippen LogP contribution is 2.38. The van der Waals surface area contributed by atoms with Gasteiger partial charge in [0.2, 0.25) is 5.75 Å². The zero-order valence-electron chi connectivity index (χ0n) is 13.2. The highest BCUT2D eigenvalue weighted by molar-refractivity contribution is 6.03. The Morgan fingerprint density at radius 2 is 1.71 bits per heavy atom. The second kappa shape index (κ2) is 6.04. The molecule has 0 bridgehead atoms. The molecular weight excluding hydrogens is 266 g/mol. The lowest BCUT2D eigenvalue weighted by atomic mass is 10.0. The van der Waals surface area contributed by atoms with Crippen molar-refractivity contribution < 1.29 is 14.6 Å². The van der Waals surface area contributed by atoms with Crippen molar-refractivity contribution in [1.82, 2.24) is 0 Å². The molecule has 0 aromatic heterocycles. The average Bonchev–Trinajstić information content (AvgIpc) is 2.74. The van der Waals surface area contributed by atoms with Gasteiger partial charge >= 0.3 is 0 Å². The third-order valence-corrected chi connectivity index (χ3v) is 3.72. The lowest BCUT2D eigenvalue weighted by Gasteiger charge is -2.10. The fourth-order valence-corrected chi connectivity index (χ4v) is 2.57. The summed E-state index contributed by atoms with van der Waals surface area (Å²) in [5.41, 5.74) is 5.38. The average molecular weight is 287 g/mol. The molecule has 0 aliphatic carbocycles. The molecule has 1 N–H and O–H groups in total. The van der Waals surface area contributed by atoms with Gasteiger partial charge in [-0.2, -0.15) is 0 Å². The quantitative estimate of drug-likeness (QED) is 0.912. The Bertz CT molecular complexity index is 629. The minimum absolute atomic E-state index is 0.00904. The summed E-state index contributed by atoms with van der Waals surface area (Å²) in [6.07, 6.45) is 2.95. The third kappa shape index (κ3) is 2.79. The van der Waals surface area contributed by atoms with Crippen LogP contribution in [0.4, 0.5) is 0 Å². The van der Waals surface area contributed by atoms with E-state index in [1.807, 2.05) is 13.0 Å².